The van der Waals surface area contributed by atoms with E-state index in [9.17, 15) is 0 Å². The summed E-state index contributed by atoms with van der Waals surface area (Å²) in [5, 5.41) is 3.32. The largest absolute Gasteiger partial charge is 0.317 e. The van der Waals surface area contributed by atoms with Crippen molar-refractivity contribution >= 4 is 24.0 Å². The molecule has 0 saturated carbocycles. The average Bonchev–Trinajstić information content (AvgIpc) is 2.14. The Morgan fingerprint density at radius 1 is 1.15 bits per heavy atom. The standard InChI is InChI=1S/C11H17N.HI/c1-2-12-10-6-9-11-7-4-3-5-8-11;/h3-5,7-8,12H,2,6,9-10H2,1H3;1H. The van der Waals surface area contributed by atoms with Crippen LogP contribution in [0, 0.1) is 0 Å². The van der Waals surface area contributed by atoms with Crippen LogP contribution in [-0.4, -0.2) is 13.1 Å². The first-order valence-corrected chi connectivity index (χ1v) is 4.68. The van der Waals surface area contributed by atoms with Gasteiger partial charge in [-0.1, -0.05) is 37.3 Å². The molecule has 1 nitrogen and oxygen atoms in total. The molecule has 0 heterocycles. The van der Waals surface area contributed by atoms with Gasteiger partial charge in [0.25, 0.3) is 0 Å². The first-order valence-electron chi connectivity index (χ1n) is 4.68. The Hall–Kier alpha value is -0.0900. The first-order chi connectivity index (χ1) is 5.93. The van der Waals surface area contributed by atoms with Crippen LogP contribution in [0.4, 0.5) is 0 Å². The third-order valence-corrected chi connectivity index (χ3v) is 1.91. The number of nitrogens with one attached hydrogen (secondary N) is 1. The van der Waals surface area contributed by atoms with Crippen LogP contribution in [0.25, 0.3) is 0 Å². The van der Waals surface area contributed by atoms with E-state index >= 15 is 0 Å². The van der Waals surface area contributed by atoms with Gasteiger partial charge in [0.15, 0.2) is 0 Å². The number of hydrogen-bond acceptors (Lipinski definition) is 1. The molecule has 0 aliphatic carbocycles. The summed E-state index contributed by atoms with van der Waals surface area (Å²) in [5.41, 5.74) is 1.44. The molecule has 0 atom stereocenters. The van der Waals surface area contributed by atoms with Crippen LogP contribution < -0.4 is 5.32 Å². The van der Waals surface area contributed by atoms with Gasteiger partial charge in [-0.15, -0.1) is 24.0 Å². The molecule has 0 aliphatic heterocycles. The van der Waals surface area contributed by atoms with Crippen LogP contribution in [0.3, 0.4) is 0 Å². The topological polar surface area (TPSA) is 12.0 Å². The number of rotatable bonds is 5. The smallest absolute Gasteiger partial charge is 0.00459 e. The van der Waals surface area contributed by atoms with E-state index in [1.807, 2.05) is 0 Å². The van der Waals surface area contributed by atoms with E-state index in [1.165, 1.54) is 18.4 Å². The third-order valence-electron chi connectivity index (χ3n) is 1.91. The second-order valence-electron chi connectivity index (χ2n) is 2.94. The third kappa shape index (κ3) is 6.05. The van der Waals surface area contributed by atoms with Crippen molar-refractivity contribution in [3.05, 3.63) is 35.9 Å². The lowest BCUT2D eigenvalue weighted by molar-refractivity contribution is 0.672. The molecule has 1 aromatic carbocycles. The molecule has 0 saturated heterocycles. The zero-order valence-electron chi connectivity index (χ0n) is 8.12. The zero-order chi connectivity index (χ0) is 8.65. The molecular formula is C11H18IN. The molecule has 0 bridgehead atoms. The molecule has 0 aromatic heterocycles. The van der Waals surface area contributed by atoms with Crippen molar-refractivity contribution < 1.29 is 0 Å². The number of aryl methyl sites for hydroxylation is 1. The molecule has 1 rings (SSSR count). The van der Waals surface area contributed by atoms with Gasteiger partial charge in [-0.05, 0) is 31.5 Å². The highest BCUT2D eigenvalue weighted by molar-refractivity contribution is 14.0. The minimum Gasteiger partial charge on any atom is -0.317 e. The van der Waals surface area contributed by atoms with Crippen molar-refractivity contribution in [2.24, 2.45) is 0 Å². The second-order valence-corrected chi connectivity index (χ2v) is 2.94. The molecule has 1 N–H and O–H groups in total. The van der Waals surface area contributed by atoms with Crippen molar-refractivity contribution in [1.29, 1.82) is 0 Å². The van der Waals surface area contributed by atoms with Crippen molar-refractivity contribution in [3.8, 4) is 0 Å². The molecule has 0 unspecified atom stereocenters. The van der Waals surface area contributed by atoms with Crippen LogP contribution >= 0.6 is 24.0 Å². The SMILES string of the molecule is CCNCCCc1ccccc1.I. The van der Waals surface area contributed by atoms with Crippen molar-refractivity contribution in [3.63, 3.8) is 0 Å². The second kappa shape index (κ2) is 8.51. The maximum absolute atomic E-state index is 3.32. The van der Waals surface area contributed by atoms with Gasteiger partial charge in [-0.2, -0.15) is 0 Å². The van der Waals surface area contributed by atoms with Crippen LogP contribution in [0.1, 0.15) is 18.9 Å². The molecule has 13 heavy (non-hydrogen) atoms. The number of benzene rings is 1. The quantitative estimate of drug-likeness (QED) is 0.650. The van der Waals surface area contributed by atoms with Gasteiger partial charge in [0.05, 0.1) is 0 Å². The Kier molecular flexibility index (Phi) is 8.45. The van der Waals surface area contributed by atoms with Crippen LogP contribution in [0.5, 0.6) is 0 Å². The Bertz CT molecular complexity index is 199. The summed E-state index contributed by atoms with van der Waals surface area (Å²) in [6.45, 7) is 4.35. The highest BCUT2D eigenvalue weighted by atomic mass is 127. The summed E-state index contributed by atoms with van der Waals surface area (Å²) in [5.74, 6) is 0. The lowest BCUT2D eigenvalue weighted by Crippen LogP contribution is -2.14. The molecule has 74 valence electrons. The van der Waals surface area contributed by atoms with E-state index in [0.29, 0.717) is 0 Å². The maximum Gasteiger partial charge on any atom is -0.00459 e. The average molecular weight is 291 g/mol. The normalized spacial score (nSPS) is 9.31. The number of hydrogen-bond donors (Lipinski definition) is 1. The summed E-state index contributed by atoms with van der Waals surface area (Å²) in [7, 11) is 0. The Labute approximate surface area is 97.9 Å². The predicted octanol–water partition coefficient (Wildman–Crippen LogP) is 2.85. The minimum absolute atomic E-state index is 0. The van der Waals surface area contributed by atoms with E-state index in [2.05, 4.69) is 42.6 Å². The monoisotopic (exact) mass is 291 g/mol. The molecule has 0 spiro atoms. The van der Waals surface area contributed by atoms with E-state index in [0.717, 1.165) is 13.1 Å². The lowest BCUT2D eigenvalue weighted by atomic mass is 10.1. The molecule has 2 heteroatoms. The zero-order valence-corrected chi connectivity index (χ0v) is 10.5. The maximum atomic E-state index is 3.32. The molecule has 0 fully saturated rings. The molecule has 0 radical (unpaired) electrons. The summed E-state index contributed by atoms with van der Waals surface area (Å²) < 4.78 is 0. The highest BCUT2D eigenvalue weighted by Crippen LogP contribution is 2.00. The van der Waals surface area contributed by atoms with Gasteiger partial charge in [0.1, 0.15) is 0 Å². The van der Waals surface area contributed by atoms with E-state index in [1.54, 1.807) is 0 Å². The van der Waals surface area contributed by atoms with Crippen LogP contribution in [-0.2, 0) is 6.42 Å². The Balaban J connectivity index is 0.00000144. The fraction of sp³-hybridized carbons (Fsp3) is 0.455. The van der Waals surface area contributed by atoms with Gasteiger partial charge in [0.2, 0.25) is 0 Å². The molecule has 1 aromatic rings. The lowest BCUT2D eigenvalue weighted by Gasteiger charge is -2.01. The fourth-order valence-electron chi connectivity index (χ4n) is 1.24. The van der Waals surface area contributed by atoms with Crippen LogP contribution in [0.2, 0.25) is 0 Å². The van der Waals surface area contributed by atoms with Gasteiger partial charge < -0.3 is 5.32 Å². The molecule has 0 aliphatic rings. The molecule has 0 amide bonds. The summed E-state index contributed by atoms with van der Waals surface area (Å²) >= 11 is 0. The first kappa shape index (κ1) is 12.9. The Morgan fingerprint density at radius 3 is 2.46 bits per heavy atom. The van der Waals surface area contributed by atoms with Crippen molar-refractivity contribution in [2.45, 2.75) is 19.8 Å². The van der Waals surface area contributed by atoms with Crippen molar-refractivity contribution in [2.75, 3.05) is 13.1 Å². The minimum atomic E-state index is 0. The summed E-state index contributed by atoms with van der Waals surface area (Å²) in [6.07, 6.45) is 2.42. The van der Waals surface area contributed by atoms with Gasteiger partial charge in [-0.3, -0.25) is 0 Å². The summed E-state index contributed by atoms with van der Waals surface area (Å²) in [6, 6.07) is 10.6. The molecular weight excluding hydrogens is 273 g/mol. The van der Waals surface area contributed by atoms with Gasteiger partial charge >= 0.3 is 0 Å². The van der Waals surface area contributed by atoms with Gasteiger partial charge in [-0.25, -0.2) is 0 Å². The van der Waals surface area contributed by atoms with E-state index in [-0.39, 0.29) is 24.0 Å². The van der Waals surface area contributed by atoms with E-state index < -0.39 is 0 Å². The van der Waals surface area contributed by atoms with E-state index in [4.69, 9.17) is 0 Å². The van der Waals surface area contributed by atoms with Crippen LogP contribution in [0.15, 0.2) is 30.3 Å². The summed E-state index contributed by atoms with van der Waals surface area (Å²) in [4.78, 5) is 0. The fourth-order valence-corrected chi connectivity index (χ4v) is 1.24. The Morgan fingerprint density at radius 2 is 1.85 bits per heavy atom. The van der Waals surface area contributed by atoms with Crippen molar-refractivity contribution in [1.82, 2.24) is 5.32 Å². The predicted molar refractivity (Wildman–Crippen MR) is 68.7 cm³/mol. The van der Waals surface area contributed by atoms with Gasteiger partial charge in [0, 0.05) is 0 Å². The highest BCUT2D eigenvalue weighted by Gasteiger charge is 1.89. The number of halogens is 1.